The first-order valence-electron chi connectivity index (χ1n) is 4.88. The summed E-state index contributed by atoms with van der Waals surface area (Å²) in [6.07, 6.45) is 0. The van der Waals surface area contributed by atoms with Crippen LogP contribution in [0.4, 0.5) is 4.39 Å². The maximum Gasteiger partial charge on any atom is 0.239 e. The quantitative estimate of drug-likeness (QED) is 0.768. The minimum absolute atomic E-state index is 0.0573. The van der Waals surface area contributed by atoms with Crippen molar-refractivity contribution >= 4 is 11.8 Å². The lowest BCUT2D eigenvalue weighted by Crippen LogP contribution is -1.90. The van der Waals surface area contributed by atoms with Crippen molar-refractivity contribution in [2.75, 3.05) is 0 Å². The molecule has 0 aliphatic heterocycles. The summed E-state index contributed by atoms with van der Waals surface area (Å²) in [5, 5.41) is 3.65. The molecule has 2 aromatic rings. The molecular weight excluding hydrogens is 227 g/mol. The Kier molecular flexibility index (Phi) is 3.24. The first-order chi connectivity index (χ1) is 7.66. The highest BCUT2D eigenvalue weighted by Gasteiger charge is 2.15. The molecule has 0 N–H and O–H groups in total. The van der Waals surface area contributed by atoms with Crippen LogP contribution < -0.4 is 0 Å². The summed E-state index contributed by atoms with van der Waals surface area (Å²) in [7, 11) is 0. The summed E-state index contributed by atoms with van der Waals surface area (Å²) in [6.45, 7) is 3.66. The van der Waals surface area contributed by atoms with Gasteiger partial charge in [-0.2, -0.15) is 4.98 Å². The van der Waals surface area contributed by atoms with Crippen molar-refractivity contribution in [2.24, 2.45) is 0 Å². The second-order valence-corrected chi connectivity index (χ2v) is 4.75. The molecule has 0 saturated carbocycles. The first kappa shape index (κ1) is 11.1. The standard InChI is InChI=1S/C11H11FN2OS/c1-7(11-13-8(2)14-15-11)16-10-6-4-3-5-9(10)12/h3-7H,1-2H3. The predicted octanol–water partition coefficient (Wildman–Crippen LogP) is 3.37. The third kappa shape index (κ3) is 2.41. The van der Waals surface area contributed by atoms with E-state index >= 15 is 0 Å². The van der Waals surface area contributed by atoms with Crippen molar-refractivity contribution in [1.29, 1.82) is 0 Å². The fourth-order valence-corrected chi connectivity index (χ4v) is 2.17. The SMILES string of the molecule is Cc1noc(C(C)Sc2ccccc2F)n1. The van der Waals surface area contributed by atoms with Crippen molar-refractivity contribution in [3.63, 3.8) is 0 Å². The van der Waals surface area contributed by atoms with Crippen molar-refractivity contribution in [1.82, 2.24) is 10.1 Å². The fraction of sp³-hybridized carbons (Fsp3) is 0.273. The Bertz CT molecular complexity index is 486. The van der Waals surface area contributed by atoms with Gasteiger partial charge in [-0.05, 0) is 26.0 Å². The van der Waals surface area contributed by atoms with Crippen molar-refractivity contribution < 1.29 is 8.91 Å². The number of halogens is 1. The molecule has 2 rings (SSSR count). The van der Waals surface area contributed by atoms with Gasteiger partial charge in [0.1, 0.15) is 5.82 Å². The van der Waals surface area contributed by atoms with Crippen LogP contribution in [-0.4, -0.2) is 10.1 Å². The van der Waals surface area contributed by atoms with E-state index in [9.17, 15) is 4.39 Å². The van der Waals surface area contributed by atoms with Crippen LogP contribution in [0, 0.1) is 12.7 Å². The smallest absolute Gasteiger partial charge is 0.239 e. The number of aryl methyl sites for hydroxylation is 1. The van der Waals surface area contributed by atoms with Crippen LogP contribution in [0.3, 0.4) is 0 Å². The second-order valence-electron chi connectivity index (χ2n) is 3.37. The molecule has 0 bridgehead atoms. The third-order valence-corrected chi connectivity index (χ3v) is 3.17. The minimum atomic E-state index is -0.226. The molecule has 0 saturated heterocycles. The highest BCUT2D eigenvalue weighted by molar-refractivity contribution is 7.99. The van der Waals surface area contributed by atoms with Gasteiger partial charge in [0, 0.05) is 4.90 Å². The number of rotatable bonds is 3. The van der Waals surface area contributed by atoms with E-state index in [-0.39, 0.29) is 11.1 Å². The summed E-state index contributed by atoms with van der Waals surface area (Å²) in [4.78, 5) is 4.70. The summed E-state index contributed by atoms with van der Waals surface area (Å²) in [5.74, 6) is 0.886. The number of hydrogen-bond acceptors (Lipinski definition) is 4. The molecule has 0 fully saturated rings. The molecule has 1 heterocycles. The number of benzene rings is 1. The number of hydrogen-bond donors (Lipinski definition) is 0. The predicted molar refractivity (Wildman–Crippen MR) is 59.7 cm³/mol. The largest absolute Gasteiger partial charge is 0.338 e. The molecule has 0 amide bonds. The van der Waals surface area contributed by atoms with E-state index in [1.807, 2.05) is 6.92 Å². The van der Waals surface area contributed by atoms with Crippen LogP contribution in [0.25, 0.3) is 0 Å². The lowest BCUT2D eigenvalue weighted by atomic mass is 10.3. The van der Waals surface area contributed by atoms with Gasteiger partial charge in [0.05, 0.1) is 5.25 Å². The third-order valence-electron chi connectivity index (χ3n) is 2.03. The normalized spacial score (nSPS) is 12.7. The molecule has 1 unspecified atom stereocenters. The average molecular weight is 238 g/mol. The van der Waals surface area contributed by atoms with E-state index in [0.29, 0.717) is 16.6 Å². The van der Waals surface area contributed by atoms with Crippen molar-refractivity contribution in [3.8, 4) is 0 Å². The zero-order chi connectivity index (χ0) is 11.5. The molecule has 3 nitrogen and oxygen atoms in total. The van der Waals surface area contributed by atoms with Gasteiger partial charge < -0.3 is 4.52 Å². The number of thioether (sulfide) groups is 1. The van der Waals surface area contributed by atoms with E-state index in [2.05, 4.69) is 10.1 Å². The molecule has 1 aromatic carbocycles. The maximum absolute atomic E-state index is 13.4. The summed E-state index contributed by atoms with van der Waals surface area (Å²) in [6, 6.07) is 6.64. The Morgan fingerprint density at radius 3 is 2.75 bits per heavy atom. The van der Waals surface area contributed by atoms with Crippen LogP contribution in [0.5, 0.6) is 0 Å². The molecule has 0 aliphatic rings. The van der Waals surface area contributed by atoms with Gasteiger partial charge in [-0.3, -0.25) is 0 Å². The Hall–Kier alpha value is -1.36. The Morgan fingerprint density at radius 1 is 1.38 bits per heavy atom. The highest BCUT2D eigenvalue weighted by Crippen LogP contribution is 2.34. The molecule has 0 radical (unpaired) electrons. The average Bonchev–Trinajstić information content (AvgIpc) is 2.68. The second kappa shape index (κ2) is 4.65. The molecule has 16 heavy (non-hydrogen) atoms. The number of aromatic nitrogens is 2. The molecule has 0 spiro atoms. The Balaban J connectivity index is 2.13. The highest BCUT2D eigenvalue weighted by atomic mass is 32.2. The van der Waals surface area contributed by atoms with Crippen LogP contribution >= 0.6 is 11.8 Å². The molecule has 0 aliphatic carbocycles. The fourth-order valence-electron chi connectivity index (χ4n) is 1.26. The topological polar surface area (TPSA) is 38.9 Å². The zero-order valence-corrected chi connectivity index (χ0v) is 9.79. The zero-order valence-electron chi connectivity index (χ0n) is 8.98. The van der Waals surface area contributed by atoms with Gasteiger partial charge in [-0.15, -0.1) is 11.8 Å². The van der Waals surface area contributed by atoms with Gasteiger partial charge in [0.25, 0.3) is 0 Å². The molecule has 84 valence electrons. The van der Waals surface area contributed by atoms with Crippen LogP contribution in [0.2, 0.25) is 0 Å². The van der Waals surface area contributed by atoms with Crippen molar-refractivity contribution in [3.05, 3.63) is 41.8 Å². The summed E-state index contributed by atoms with van der Waals surface area (Å²) < 4.78 is 18.4. The molecule has 1 atom stereocenters. The minimum Gasteiger partial charge on any atom is -0.338 e. The van der Waals surface area contributed by atoms with Gasteiger partial charge in [-0.25, -0.2) is 4.39 Å². The molecular formula is C11H11FN2OS. The lowest BCUT2D eigenvalue weighted by molar-refractivity contribution is 0.376. The first-order valence-corrected chi connectivity index (χ1v) is 5.76. The monoisotopic (exact) mass is 238 g/mol. The Labute approximate surface area is 97.1 Å². The number of nitrogens with zero attached hydrogens (tertiary/aromatic N) is 2. The molecule has 5 heteroatoms. The van der Waals surface area contributed by atoms with Gasteiger partial charge in [0.15, 0.2) is 5.82 Å². The summed E-state index contributed by atoms with van der Waals surface area (Å²) >= 11 is 1.37. The Morgan fingerprint density at radius 2 is 2.12 bits per heavy atom. The van der Waals surface area contributed by atoms with Crippen LogP contribution in [-0.2, 0) is 0 Å². The van der Waals surface area contributed by atoms with Crippen LogP contribution in [0.15, 0.2) is 33.7 Å². The van der Waals surface area contributed by atoms with Crippen LogP contribution in [0.1, 0.15) is 23.9 Å². The van der Waals surface area contributed by atoms with E-state index in [1.165, 1.54) is 17.8 Å². The molecule has 1 aromatic heterocycles. The van der Waals surface area contributed by atoms with E-state index < -0.39 is 0 Å². The summed E-state index contributed by atoms with van der Waals surface area (Å²) in [5.41, 5.74) is 0. The lowest BCUT2D eigenvalue weighted by Gasteiger charge is -2.06. The van der Waals surface area contributed by atoms with Gasteiger partial charge in [0.2, 0.25) is 5.89 Å². The maximum atomic E-state index is 13.4. The van der Waals surface area contributed by atoms with Gasteiger partial charge in [-0.1, -0.05) is 17.3 Å². The van der Waals surface area contributed by atoms with Crippen molar-refractivity contribution in [2.45, 2.75) is 24.0 Å². The van der Waals surface area contributed by atoms with E-state index in [4.69, 9.17) is 4.52 Å². The van der Waals surface area contributed by atoms with Gasteiger partial charge >= 0.3 is 0 Å². The van der Waals surface area contributed by atoms with E-state index in [0.717, 1.165) is 0 Å². The van der Waals surface area contributed by atoms with E-state index in [1.54, 1.807) is 25.1 Å².